The zero-order chi connectivity index (χ0) is 20.8. The van der Waals surface area contributed by atoms with Gasteiger partial charge in [-0.05, 0) is 68.9 Å². The minimum Gasteiger partial charge on any atom is -0.384 e. The second-order valence-electron chi connectivity index (χ2n) is 7.61. The summed E-state index contributed by atoms with van der Waals surface area (Å²) in [6.07, 6.45) is 6.10. The number of nitrogens with zero attached hydrogens (tertiary/aromatic N) is 1. The summed E-state index contributed by atoms with van der Waals surface area (Å²) in [5.74, 6) is 0.491. The SMILES string of the molecule is CC(=O)Cc1ccc(NCC2CCC(NC(=O)c3cc(Cl)ccc3Cl)CC2)cn1. The van der Waals surface area contributed by atoms with Crippen molar-refractivity contribution in [2.45, 2.75) is 45.1 Å². The number of Topliss-reactive ketones (excluding diaryl/α,β-unsaturated/α-hetero) is 1. The Kier molecular flexibility index (Phi) is 7.51. The molecule has 0 bridgehead atoms. The number of amides is 1. The van der Waals surface area contributed by atoms with Gasteiger partial charge in [-0.1, -0.05) is 23.2 Å². The van der Waals surface area contributed by atoms with Crippen LogP contribution in [0.25, 0.3) is 0 Å². The molecular weight excluding hydrogens is 409 g/mol. The van der Waals surface area contributed by atoms with Crippen molar-refractivity contribution in [1.82, 2.24) is 10.3 Å². The van der Waals surface area contributed by atoms with Gasteiger partial charge >= 0.3 is 0 Å². The molecule has 1 saturated carbocycles. The first-order chi connectivity index (χ1) is 13.9. The molecule has 0 unspecified atom stereocenters. The lowest BCUT2D eigenvalue weighted by molar-refractivity contribution is -0.116. The average molecular weight is 434 g/mol. The third-order valence-corrected chi connectivity index (χ3v) is 5.77. The third-order valence-electron chi connectivity index (χ3n) is 5.20. The van der Waals surface area contributed by atoms with E-state index in [1.54, 1.807) is 31.3 Å². The molecule has 29 heavy (non-hydrogen) atoms. The minimum absolute atomic E-state index is 0.111. The number of nitrogens with one attached hydrogen (secondary N) is 2. The number of pyridine rings is 1. The van der Waals surface area contributed by atoms with E-state index in [9.17, 15) is 9.59 Å². The van der Waals surface area contributed by atoms with Crippen LogP contribution in [0.2, 0.25) is 10.0 Å². The summed E-state index contributed by atoms with van der Waals surface area (Å²) in [6, 6.07) is 8.92. The molecule has 1 heterocycles. The first-order valence-electron chi connectivity index (χ1n) is 9.85. The fourth-order valence-corrected chi connectivity index (χ4v) is 3.97. The zero-order valence-electron chi connectivity index (χ0n) is 16.4. The maximum atomic E-state index is 12.5. The average Bonchev–Trinajstić information content (AvgIpc) is 2.70. The van der Waals surface area contributed by atoms with Crippen LogP contribution in [0.1, 0.15) is 48.7 Å². The molecule has 0 atom stereocenters. The van der Waals surface area contributed by atoms with Gasteiger partial charge in [0, 0.05) is 29.7 Å². The van der Waals surface area contributed by atoms with Gasteiger partial charge in [-0.25, -0.2) is 0 Å². The lowest BCUT2D eigenvalue weighted by Crippen LogP contribution is -2.38. The van der Waals surface area contributed by atoms with Crippen molar-refractivity contribution >= 4 is 40.6 Å². The second-order valence-corrected chi connectivity index (χ2v) is 8.46. The number of carbonyl (C=O) groups excluding carboxylic acids is 2. The van der Waals surface area contributed by atoms with E-state index in [0.29, 0.717) is 27.9 Å². The van der Waals surface area contributed by atoms with Crippen molar-refractivity contribution in [3.8, 4) is 0 Å². The van der Waals surface area contributed by atoms with E-state index in [-0.39, 0.29) is 17.7 Å². The summed E-state index contributed by atoms with van der Waals surface area (Å²) in [5, 5.41) is 7.41. The van der Waals surface area contributed by atoms with E-state index >= 15 is 0 Å². The summed E-state index contributed by atoms with van der Waals surface area (Å²) >= 11 is 12.1. The third kappa shape index (κ3) is 6.44. The highest BCUT2D eigenvalue weighted by Crippen LogP contribution is 2.26. The fraction of sp³-hybridized carbons (Fsp3) is 0.409. The van der Waals surface area contributed by atoms with Crippen molar-refractivity contribution < 1.29 is 9.59 Å². The molecule has 1 aromatic heterocycles. The summed E-state index contributed by atoms with van der Waals surface area (Å²) in [4.78, 5) is 27.9. The number of ketones is 1. The molecule has 0 saturated heterocycles. The molecule has 0 aliphatic heterocycles. The number of benzene rings is 1. The summed E-state index contributed by atoms with van der Waals surface area (Å²) in [7, 11) is 0. The van der Waals surface area contributed by atoms with Crippen molar-refractivity contribution in [3.63, 3.8) is 0 Å². The monoisotopic (exact) mass is 433 g/mol. The summed E-state index contributed by atoms with van der Waals surface area (Å²) in [5.41, 5.74) is 2.17. The topological polar surface area (TPSA) is 71.1 Å². The van der Waals surface area contributed by atoms with E-state index in [4.69, 9.17) is 23.2 Å². The number of hydrogen-bond acceptors (Lipinski definition) is 4. The fourth-order valence-electron chi connectivity index (χ4n) is 3.60. The Hall–Kier alpha value is -2.11. The largest absolute Gasteiger partial charge is 0.384 e. The van der Waals surface area contributed by atoms with Crippen molar-refractivity contribution in [3.05, 3.63) is 57.8 Å². The van der Waals surface area contributed by atoms with Gasteiger partial charge in [-0.2, -0.15) is 0 Å². The Morgan fingerprint density at radius 3 is 2.52 bits per heavy atom. The van der Waals surface area contributed by atoms with Crippen molar-refractivity contribution in [2.75, 3.05) is 11.9 Å². The van der Waals surface area contributed by atoms with E-state index in [1.807, 2.05) is 12.1 Å². The standard InChI is InChI=1S/C22H25Cl2N3O2/c1-14(28)10-18-7-8-19(13-26-18)25-12-15-2-5-17(6-3-15)27-22(29)20-11-16(23)4-9-21(20)24/h4,7-9,11,13,15,17,25H,2-3,5-6,10,12H2,1H3,(H,27,29). The molecule has 154 valence electrons. The van der Waals surface area contributed by atoms with Gasteiger partial charge < -0.3 is 10.6 Å². The van der Waals surface area contributed by atoms with Crippen LogP contribution < -0.4 is 10.6 Å². The predicted molar refractivity (Wildman–Crippen MR) is 117 cm³/mol. The number of rotatable bonds is 7. The first-order valence-corrected chi connectivity index (χ1v) is 10.6. The maximum absolute atomic E-state index is 12.5. The number of aromatic nitrogens is 1. The van der Waals surface area contributed by atoms with Crippen LogP contribution in [0.15, 0.2) is 36.5 Å². The van der Waals surface area contributed by atoms with Gasteiger partial charge in [-0.15, -0.1) is 0 Å². The lowest BCUT2D eigenvalue weighted by Gasteiger charge is -2.29. The summed E-state index contributed by atoms with van der Waals surface area (Å²) in [6.45, 7) is 2.44. The smallest absolute Gasteiger partial charge is 0.253 e. The Morgan fingerprint density at radius 1 is 1.10 bits per heavy atom. The van der Waals surface area contributed by atoms with Crippen LogP contribution in [-0.2, 0) is 11.2 Å². The number of anilines is 1. The first kappa shape index (κ1) is 21.6. The second kappa shape index (κ2) is 10.1. The number of carbonyl (C=O) groups is 2. The molecule has 1 fully saturated rings. The molecule has 5 nitrogen and oxygen atoms in total. The Balaban J connectivity index is 1.43. The zero-order valence-corrected chi connectivity index (χ0v) is 17.9. The molecule has 0 radical (unpaired) electrons. The Morgan fingerprint density at radius 2 is 1.86 bits per heavy atom. The van der Waals surface area contributed by atoms with E-state index < -0.39 is 0 Å². The summed E-state index contributed by atoms with van der Waals surface area (Å²) < 4.78 is 0. The molecule has 2 aromatic rings. The van der Waals surface area contributed by atoms with Crippen molar-refractivity contribution in [2.24, 2.45) is 5.92 Å². The molecular formula is C22H25Cl2N3O2. The highest BCUT2D eigenvalue weighted by Gasteiger charge is 2.23. The quantitative estimate of drug-likeness (QED) is 0.649. The van der Waals surface area contributed by atoms with Gasteiger partial charge in [0.05, 0.1) is 22.5 Å². The number of hydrogen-bond donors (Lipinski definition) is 2. The predicted octanol–water partition coefficient (Wildman–Crippen LogP) is 4.92. The number of halogens is 2. The Bertz CT molecular complexity index is 863. The van der Waals surface area contributed by atoms with E-state index in [1.165, 1.54) is 0 Å². The van der Waals surface area contributed by atoms with Crippen molar-refractivity contribution in [1.29, 1.82) is 0 Å². The Labute approximate surface area is 181 Å². The maximum Gasteiger partial charge on any atom is 0.253 e. The lowest BCUT2D eigenvalue weighted by atomic mass is 9.86. The van der Waals surface area contributed by atoms with E-state index in [0.717, 1.165) is 43.6 Å². The van der Waals surface area contributed by atoms with Crippen LogP contribution in [0.3, 0.4) is 0 Å². The molecule has 1 aliphatic rings. The van der Waals surface area contributed by atoms with Crippen LogP contribution in [0.4, 0.5) is 5.69 Å². The molecule has 7 heteroatoms. The van der Waals surface area contributed by atoms with Crippen LogP contribution in [0.5, 0.6) is 0 Å². The highest BCUT2D eigenvalue weighted by molar-refractivity contribution is 6.35. The minimum atomic E-state index is -0.171. The van der Waals surface area contributed by atoms with Gasteiger partial charge in [0.25, 0.3) is 5.91 Å². The molecule has 2 N–H and O–H groups in total. The van der Waals surface area contributed by atoms with Gasteiger partial charge in [-0.3, -0.25) is 14.6 Å². The molecule has 1 amide bonds. The van der Waals surface area contributed by atoms with Gasteiger partial charge in [0.2, 0.25) is 0 Å². The van der Waals surface area contributed by atoms with E-state index in [2.05, 4.69) is 15.6 Å². The molecule has 1 aromatic carbocycles. The molecule has 0 spiro atoms. The highest BCUT2D eigenvalue weighted by atomic mass is 35.5. The van der Waals surface area contributed by atoms with Gasteiger partial charge in [0.1, 0.15) is 5.78 Å². The van der Waals surface area contributed by atoms with Crippen LogP contribution in [-0.4, -0.2) is 29.3 Å². The van der Waals surface area contributed by atoms with Gasteiger partial charge in [0.15, 0.2) is 0 Å². The molecule has 1 aliphatic carbocycles. The molecule has 3 rings (SSSR count). The van der Waals surface area contributed by atoms with Crippen LogP contribution >= 0.6 is 23.2 Å². The normalized spacial score (nSPS) is 18.9. The van der Waals surface area contributed by atoms with Crippen LogP contribution in [0, 0.1) is 5.92 Å².